The Hall–Kier alpha value is -9.26. The highest BCUT2D eigenvalue weighted by Crippen LogP contribution is 2.22. The molecule has 12 heteroatoms. The molecule has 12 nitrogen and oxygen atoms in total. The Balaban J connectivity index is 0.000000299. The topological polar surface area (TPSA) is 202 Å². The van der Waals surface area contributed by atoms with Crippen molar-refractivity contribution in [2.45, 2.75) is 54.1 Å². The standard InChI is InChI=1S/C22H22O5.C21H20O4.C20H18O3.CH4/c1-15-3-4-17(12-22(15)27-2)6-9-20(25)13-19(24)8-5-16-7-10-21(26)18(11-16)14-23;1-15-3-4-17(13-21(15)25-2)8-12-20(24)14-19(23)11-7-16-5-9-18(22)10-6-16;1-15-2-4-16(5-3-15)8-12-19(22)14-20(23)13-9-17-6-10-18(21)11-7-17;/h3-12,23,26H,13-14H2,1-2H3;3-13,22H,14H2,1-2H3;2-13,21H,14H2,1H3;1H4/b8-5+,9-6+;11-7+,12-8+;12-8+,13-9+;. The number of ether oxygens (including phenoxy) is 2. The number of carbonyl (C=O) groups is 6. The third-order valence-electron chi connectivity index (χ3n) is 10.8. The van der Waals surface area contributed by atoms with Crippen LogP contribution in [0.25, 0.3) is 36.5 Å². The number of aliphatic hydroxyl groups is 1. The van der Waals surface area contributed by atoms with E-state index >= 15 is 0 Å². The lowest BCUT2D eigenvalue weighted by Gasteiger charge is -2.04. The summed E-state index contributed by atoms with van der Waals surface area (Å²) in [6.07, 6.45) is 17.5. The highest BCUT2D eigenvalue weighted by atomic mass is 16.5. The van der Waals surface area contributed by atoms with Crippen LogP contribution in [0.2, 0.25) is 0 Å². The summed E-state index contributed by atoms with van der Waals surface area (Å²) in [5.74, 6) is 0.167. The number of benzene rings is 6. The quantitative estimate of drug-likeness (QED) is 0.0393. The molecule has 0 saturated carbocycles. The summed E-state index contributed by atoms with van der Waals surface area (Å²) in [5, 5.41) is 37.0. The number of hydrogen-bond donors (Lipinski definition) is 4. The molecule has 0 aliphatic carbocycles. The Labute approximate surface area is 444 Å². The molecular formula is C64H64O12. The average Bonchev–Trinajstić information content (AvgIpc) is 3.40. The number of ketones is 6. The van der Waals surface area contributed by atoms with E-state index in [2.05, 4.69) is 0 Å². The summed E-state index contributed by atoms with van der Waals surface area (Å²) < 4.78 is 10.5. The number of aryl methyl sites for hydroxylation is 3. The van der Waals surface area contributed by atoms with Gasteiger partial charge in [0.05, 0.1) is 40.1 Å². The summed E-state index contributed by atoms with van der Waals surface area (Å²) in [6.45, 7) is 5.57. The first-order valence-electron chi connectivity index (χ1n) is 23.6. The number of aromatic hydroxyl groups is 3. The van der Waals surface area contributed by atoms with Gasteiger partial charge in [0, 0.05) is 5.56 Å². The number of phenols is 3. The lowest BCUT2D eigenvalue weighted by atomic mass is 10.1. The van der Waals surface area contributed by atoms with Crippen LogP contribution in [0.4, 0.5) is 0 Å². The minimum Gasteiger partial charge on any atom is -0.508 e. The Morgan fingerprint density at radius 3 is 0.987 bits per heavy atom. The Kier molecular flexibility index (Phi) is 25.7. The van der Waals surface area contributed by atoms with Gasteiger partial charge >= 0.3 is 0 Å². The van der Waals surface area contributed by atoms with Gasteiger partial charge in [0.25, 0.3) is 0 Å². The van der Waals surface area contributed by atoms with Crippen LogP contribution in [0.15, 0.2) is 164 Å². The molecule has 6 rings (SSSR count). The van der Waals surface area contributed by atoms with E-state index < -0.39 is 0 Å². The lowest BCUT2D eigenvalue weighted by Crippen LogP contribution is -2.02. The molecule has 0 amide bonds. The van der Waals surface area contributed by atoms with Gasteiger partial charge in [-0.2, -0.15) is 0 Å². The molecular weight excluding hydrogens is 961 g/mol. The molecule has 4 N–H and O–H groups in total. The van der Waals surface area contributed by atoms with Crippen LogP contribution in [0.5, 0.6) is 28.7 Å². The maximum Gasteiger partial charge on any atom is 0.163 e. The molecule has 0 aliphatic rings. The summed E-state index contributed by atoms with van der Waals surface area (Å²) in [5.41, 5.74) is 8.34. The minimum absolute atomic E-state index is 0. The average molecular weight is 1030 g/mol. The van der Waals surface area contributed by atoms with Crippen molar-refractivity contribution in [3.05, 3.63) is 219 Å². The summed E-state index contributed by atoms with van der Waals surface area (Å²) in [4.78, 5) is 71.2. The highest BCUT2D eigenvalue weighted by Gasteiger charge is 2.08. The third-order valence-corrected chi connectivity index (χ3v) is 10.8. The molecule has 0 atom stereocenters. The van der Waals surface area contributed by atoms with Crippen molar-refractivity contribution in [1.82, 2.24) is 0 Å². The van der Waals surface area contributed by atoms with Gasteiger partial charge < -0.3 is 29.9 Å². The summed E-state index contributed by atoms with van der Waals surface area (Å²) >= 11 is 0. The van der Waals surface area contributed by atoms with E-state index in [1.165, 1.54) is 54.7 Å². The Morgan fingerprint density at radius 1 is 0.395 bits per heavy atom. The molecule has 0 unspecified atom stereocenters. The fraction of sp³-hybridized carbons (Fsp3) is 0.156. The lowest BCUT2D eigenvalue weighted by molar-refractivity contribution is -0.123. The van der Waals surface area contributed by atoms with Crippen LogP contribution < -0.4 is 9.47 Å². The van der Waals surface area contributed by atoms with Crippen molar-refractivity contribution in [3.63, 3.8) is 0 Å². The largest absolute Gasteiger partial charge is 0.508 e. The molecule has 0 spiro atoms. The normalized spacial score (nSPS) is 11.0. The monoisotopic (exact) mass is 1020 g/mol. The summed E-state index contributed by atoms with van der Waals surface area (Å²) in [6, 6.07) is 36.5. The highest BCUT2D eigenvalue weighted by molar-refractivity contribution is 6.12. The fourth-order valence-corrected chi connectivity index (χ4v) is 6.57. The molecule has 0 fully saturated rings. The second kappa shape index (κ2) is 32.0. The molecule has 0 radical (unpaired) electrons. The molecule has 0 bridgehead atoms. The van der Waals surface area contributed by atoms with Gasteiger partial charge in [-0.15, -0.1) is 0 Å². The first-order valence-corrected chi connectivity index (χ1v) is 23.6. The van der Waals surface area contributed by atoms with Gasteiger partial charge in [0.2, 0.25) is 0 Å². The molecule has 0 aliphatic heterocycles. The first-order chi connectivity index (χ1) is 35.9. The van der Waals surface area contributed by atoms with Gasteiger partial charge in [-0.25, -0.2) is 0 Å². The van der Waals surface area contributed by atoms with Crippen LogP contribution in [0.3, 0.4) is 0 Å². The van der Waals surface area contributed by atoms with Gasteiger partial charge in [0.1, 0.15) is 28.7 Å². The maximum absolute atomic E-state index is 12.0. The molecule has 392 valence electrons. The van der Waals surface area contributed by atoms with Gasteiger partial charge in [0.15, 0.2) is 34.7 Å². The van der Waals surface area contributed by atoms with Crippen molar-refractivity contribution in [2.75, 3.05) is 14.2 Å². The molecule has 0 heterocycles. The molecule has 0 saturated heterocycles. The number of methoxy groups -OCH3 is 2. The Bertz CT molecular complexity index is 2970. The van der Waals surface area contributed by atoms with Crippen molar-refractivity contribution >= 4 is 71.2 Å². The first kappa shape index (κ1) is 61.0. The fourth-order valence-electron chi connectivity index (χ4n) is 6.57. The van der Waals surface area contributed by atoms with E-state index in [9.17, 15) is 44.1 Å². The number of allylic oxidation sites excluding steroid dienone is 6. The van der Waals surface area contributed by atoms with E-state index in [1.54, 1.807) is 99.2 Å². The molecule has 6 aromatic rings. The zero-order valence-corrected chi connectivity index (χ0v) is 42.4. The smallest absolute Gasteiger partial charge is 0.163 e. The number of phenolic OH excluding ortho intramolecular Hbond substituents is 2. The van der Waals surface area contributed by atoms with Crippen molar-refractivity contribution in [3.8, 4) is 28.7 Å². The number of rotatable bonds is 21. The predicted octanol–water partition coefficient (Wildman–Crippen LogP) is 12.0. The van der Waals surface area contributed by atoms with Gasteiger partial charge in [-0.1, -0.05) is 128 Å². The summed E-state index contributed by atoms with van der Waals surface area (Å²) in [7, 11) is 3.18. The van der Waals surface area contributed by atoms with Crippen molar-refractivity contribution < 1.29 is 58.7 Å². The van der Waals surface area contributed by atoms with E-state index in [-0.39, 0.29) is 85.2 Å². The van der Waals surface area contributed by atoms with Crippen LogP contribution in [-0.4, -0.2) is 69.3 Å². The van der Waals surface area contributed by atoms with Crippen LogP contribution in [-0.2, 0) is 35.4 Å². The second-order valence-corrected chi connectivity index (χ2v) is 16.9. The van der Waals surface area contributed by atoms with E-state index in [1.807, 2.05) is 81.4 Å². The van der Waals surface area contributed by atoms with Crippen LogP contribution in [0, 0.1) is 20.8 Å². The maximum atomic E-state index is 12.0. The molecule has 0 aromatic heterocycles. The molecule has 6 aromatic carbocycles. The third kappa shape index (κ3) is 22.7. The number of hydrogen-bond acceptors (Lipinski definition) is 12. The SMILES string of the molecule is C.COc1cc(/C=C/C(=O)CC(=O)/C=C/c2ccc(O)c(CO)c2)ccc1C.COc1cc(/C=C/C(=O)CC(=O)/C=C/c2ccc(O)cc2)ccc1C.Cc1ccc(/C=C/C(=O)CC(=O)/C=C/c2ccc(O)cc2)cc1. The zero-order valence-electron chi connectivity index (χ0n) is 42.4. The minimum atomic E-state index is -0.329. The number of aliphatic hydroxyl groups excluding tert-OH is 1. The van der Waals surface area contributed by atoms with Crippen molar-refractivity contribution in [2.24, 2.45) is 0 Å². The van der Waals surface area contributed by atoms with Crippen LogP contribution >= 0.6 is 0 Å². The number of carbonyl (C=O) groups excluding carboxylic acids is 6. The van der Waals surface area contributed by atoms with E-state index in [0.29, 0.717) is 11.1 Å². The van der Waals surface area contributed by atoms with E-state index in [0.717, 1.165) is 56.0 Å². The Morgan fingerprint density at radius 2 is 0.671 bits per heavy atom. The van der Waals surface area contributed by atoms with Crippen molar-refractivity contribution in [1.29, 1.82) is 0 Å². The molecule has 76 heavy (non-hydrogen) atoms. The zero-order chi connectivity index (χ0) is 54.7. The van der Waals surface area contributed by atoms with E-state index in [4.69, 9.17) is 14.6 Å². The van der Waals surface area contributed by atoms with Gasteiger partial charge in [-0.3, -0.25) is 28.8 Å². The van der Waals surface area contributed by atoms with Gasteiger partial charge in [-0.05, 0) is 150 Å². The predicted molar refractivity (Wildman–Crippen MR) is 302 cm³/mol. The second-order valence-electron chi connectivity index (χ2n) is 16.9. The van der Waals surface area contributed by atoms with Crippen LogP contribution in [0.1, 0.15) is 82.3 Å².